The Morgan fingerprint density at radius 3 is 2.78 bits per heavy atom. The minimum atomic E-state index is -3.86. The van der Waals surface area contributed by atoms with Crippen LogP contribution in [0.2, 0.25) is 0 Å². The van der Waals surface area contributed by atoms with E-state index in [0.717, 1.165) is 23.1 Å². The van der Waals surface area contributed by atoms with E-state index in [9.17, 15) is 13.2 Å². The molecule has 3 rings (SSSR count). The van der Waals surface area contributed by atoms with E-state index in [1.165, 1.54) is 4.31 Å². The Labute approximate surface area is 190 Å². The molecule has 0 radical (unpaired) electrons. The third-order valence-corrected chi connectivity index (χ3v) is 8.06. The molecule has 2 aromatic rings. The fourth-order valence-electron chi connectivity index (χ4n) is 3.87. The fraction of sp³-hybridized carbons (Fsp3) is 0.500. The largest absolute Gasteiger partial charge is 0.355 e. The highest BCUT2D eigenvalue weighted by Crippen LogP contribution is 2.29. The molecule has 32 heavy (non-hydrogen) atoms. The van der Waals surface area contributed by atoms with E-state index >= 15 is 0 Å². The van der Waals surface area contributed by atoms with Crippen molar-refractivity contribution in [2.24, 2.45) is 5.92 Å². The number of aromatic nitrogens is 1. The van der Waals surface area contributed by atoms with E-state index in [4.69, 9.17) is 4.52 Å². The van der Waals surface area contributed by atoms with Crippen LogP contribution in [0.1, 0.15) is 61.3 Å². The summed E-state index contributed by atoms with van der Waals surface area (Å²) in [5, 5.41) is 6.90. The molecule has 8 heteroatoms. The number of hydrogen-bond acceptors (Lipinski definition) is 5. The first-order chi connectivity index (χ1) is 15.1. The molecule has 7 nitrogen and oxygen atoms in total. The number of sulfonamides is 1. The molecule has 0 spiro atoms. The molecule has 1 aliphatic rings. The van der Waals surface area contributed by atoms with E-state index in [2.05, 4.69) is 10.5 Å². The van der Waals surface area contributed by atoms with Crippen molar-refractivity contribution in [1.82, 2.24) is 14.8 Å². The van der Waals surface area contributed by atoms with Gasteiger partial charge in [0, 0.05) is 19.1 Å². The van der Waals surface area contributed by atoms with Gasteiger partial charge in [-0.05, 0) is 64.2 Å². The Kier molecular flexibility index (Phi) is 7.56. The van der Waals surface area contributed by atoms with Gasteiger partial charge in [-0.3, -0.25) is 4.79 Å². The number of nitrogens with one attached hydrogen (secondary N) is 1. The van der Waals surface area contributed by atoms with Crippen LogP contribution in [0.25, 0.3) is 12.2 Å². The molecule has 2 atom stereocenters. The molecule has 1 saturated heterocycles. The number of amides is 1. The van der Waals surface area contributed by atoms with Crippen LogP contribution in [0.4, 0.5) is 0 Å². The number of carbonyl (C=O) groups is 1. The predicted molar refractivity (Wildman–Crippen MR) is 125 cm³/mol. The summed E-state index contributed by atoms with van der Waals surface area (Å²) in [7, 11) is -3.86. The summed E-state index contributed by atoms with van der Waals surface area (Å²) in [6, 6.07) is 6.16. The van der Waals surface area contributed by atoms with Gasteiger partial charge in [0.2, 0.25) is 15.9 Å². The third kappa shape index (κ3) is 5.30. The van der Waals surface area contributed by atoms with Gasteiger partial charge in [-0.25, -0.2) is 8.42 Å². The average molecular weight is 460 g/mol. The van der Waals surface area contributed by atoms with Gasteiger partial charge < -0.3 is 9.84 Å². The molecular formula is C24H33N3O4S. The zero-order valence-corrected chi connectivity index (χ0v) is 20.3. The molecule has 0 bridgehead atoms. The topological polar surface area (TPSA) is 92.5 Å². The standard InChI is InChI=1S/C24H33N3O4S/c1-6-18(4)25-24(28)21-8-7-13-27(15-21)32(29,30)23-19(5)26-31-22(23)12-11-20-14-16(2)9-10-17(20)3/h9-12,14,18,21H,6-8,13,15H2,1-5H3,(H,25,28)/b12-11+/t18-,21+/m1/s1. The average Bonchev–Trinajstić information content (AvgIpc) is 3.15. The summed E-state index contributed by atoms with van der Waals surface area (Å²) >= 11 is 0. The first-order valence-corrected chi connectivity index (χ1v) is 12.6. The van der Waals surface area contributed by atoms with Crippen LogP contribution in [0, 0.1) is 26.7 Å². The highest BCUT2D eigenvalue weighted by atomic mass is 32.2. The van der Waals surface area contributed by atoms with Crippen LogP contribution in [0.15, 0.2) is 27.6 Å². The van der Waals surface area contributed by atoms with Crippen LogP contribution in [0.3, 0.4) is 0 Å². The Balaban J connectivity index is 1.86. The van der Waals surface area contributed by atoms with E-state index in [1.807, 2.05) is 52.0 Å². The second-order valence-corrected chi connectivity index (χ2v) is 10.5. The number of piperidine rings is 1. The van der Waals surface area contributed by atoms with Crippen molar-refractivity contribution < 1.29 is 17.7 Å². The van der Waals surface area contributed by atoms with E-state index in [0.29, 0.717) is 25.1 Å². The van der Waals surface area contributed by atoms with Crippen molar-refractivity contribution in [3.8, 4) is 0 Å². The van der Waals surface area contributed by atoms with E-state index < -0.39 is 10.0 Å². The molecule has 174 valence electrons. The summed E-state index contributed by atoms with van der Waals surface area (Å²) in [5.74, 6) is -0.243. The zero-order valence-electron chi connectivity index (χ0n) is 19.5. The Morgan fingerprint density at radius 2 is 2.06 bits per heavy atom. The van der Waals surface area contributed by atoms with Crippen LogP contribution < -0.4 is 5.32 Å². The van der Waals surface area contributed by atoms with Gasteiger partial charge in [-0.2, -0.15) is 4.31 Å². The van der Waals surface area contributed by atoms with Gasteiger partial charge in [-0.15, -0.1) is 0 Å². The van der Waals surface area contributed by atoms with Crippen LogP contribution in [0.5, 0.6) is 0 Å². The molecule has 1 aromatic heterocycles. The summed E-state index contributed by atoms with van der Waals surface area (Å²) in [5.41, 5.74) is 3.50. The number of benzene rings is 1. The van der Waals surface area contributed by atoms with Gasteiger partial charge in [0.25, 0.3) is 0 Å². The summed E-state index contributed by atoms with van der Waals surface area (Å²) in [6.45, 7) is 10.1. The Hall–Kier alpha value is -2.45. The minimum absolute atomic E-state index is 0.0663. The maximum absolute atomic E-state index is 13.5. The first-order valence-electron chi connectivity index (χ1n) is 11.2. The molecule has 1 aromatic carbocycles. The number of hydrogen-bond donors (Lipinski definition) is 1. The second-order valence-electron chi connectivity index (χ2n) is 8.67. The van der Waals surface area contributed by atoms with Crippen molar-refractivity contribution >= 4 is 28.1 Å². The smallest absolute Gasteiger partial charge is 0.248 e. The number of carbonyl (C=O) groups excluding carboxylic acids is 1. The van der Waals surface area contributed by atoms with Crippen molar-refractivity contribution in [2.45, 2.75) is 64.8 Å². The lowest BCUT2D eigenvalue weighted by Gasteiger charge is -2.31. The zero-order chi connectivity index (χ0) is 23.5. The molecule has 0 saturated carbocycles. The van der Waals surface area contributed by atoms with Crippen LogP contribution >= 0.6 is 0 Å². The maximum Gasteiger partial charge on any atom is 0.248 e. The maximum atomic E-state index is 13.5. The quantitative estimate of drug-likeness (QED) is 0.673. The second kappa shape index (κ2) is 10.0. The van der Waals surface area contributed by atoms with Crippen LogP contribution in [-0.2, 0) is 14.8 Å². The number of rotatable bonds is 7. The van der Waals surface area contributed by atoms with Crippen LogP contribution in [-0.4, -0.2) is 42.9 Å². The van der Waals surface area contributed by atoms with Crippen molar-refractivity contribution in [1.29, 1.82) is 0 Å². The predicted octanol–water partition coefficient (Wildman–Crippen LogP) is 4.09. The number of nitrogens with zero attached hydrogens (tertiary/aromatic N) is 2. The minimum Gasteiger partial charge on any atom is -0.355 e. The molecule has 0 unspecified atom stereocenters. The molecule has 1 fully saturated rings. The Morgan fingerprint density at radius 1 is 1.31 bits per heavy atom. The molecule has 0 aliphatic carbocycles. The lowest BCUT2D eigenvalue weighted by Crippen LogP contribution is -2.47. The van der Waals surface area contributed by atoms with Crippen molar-refractivity contribution in [3.05, 3.63) is 46.3 Å². The van der Waals surface area contributed by atoms with Gasteiger partial charge in [-0.1, -0.05) is 41.9 Å². The molecule has 1 amide bonds. The highest BCUT2D eigenvalue weighted by Gasteiger charge is 2.37. The van der Waals surface area contributed by atoms with E-state index in [-0.39, 0.29) is 35.1 Å². The molecule has 1 aliphatic heterocycles. The normalized spacial score (nSPS) is 18.7. The third-order valence-electron chi connectivity index (χ3n) is 6.04. The van der Waals surface area contributed by atoms with Gasteiger partial charge >= 0.3 is 0 Å². The SMILES string of the molecule is CC[C@@H](C)NC(=O)[C@H]1CCCN(S(=O)(=O)c2c(C)noc2/C=C/c2cc(C)ccc2C)C1. The van der Waals surface area contributed by atoms with Crippen molar-refractivity contribution in [3.63, 3.8) is 0 Å². The first kappa shape index (κ1) is 24.2. The number of aryl methyl sites for hydroxylation is 3. The van der Waals surface area contributed by atoms with E-state index in [1.54, 1.807) is 13.0 Å². The molecular weight excluding hydrogens is 426 g/mol. The molecule has 1 N–H and O–H groups in total. The van der Waals surface area contributed by atoms with Gasteiger partial charge in [0.05, 0.1) is 5.92 Å². The molecule has 2 heterocycles. The lowest BCUT2D eigenvalue weighted by atomic mass is 9.98. The van der Waals surface area contributed by atoms with Crippen molar-refractivity contribution in [2.75, 3.05) is 13.1 Å². The summed E-state index contributed by atoms with van der Waals surface area (Å²) < 4.78 is 33.8. The summed E-state index contributed by atoms with van der Waals surface area (Å²) in [6.07, 6.45) is 5.65. The monoisotopic (exact) mass is 459 g/mol. The Bertz CT molecular complexity index is 1100. The lowest BCUT2D eigenvalue weighted by molar-refractivity contribution is -0.126. The fourth-order valence-corrected chi connectivity index (χ4v) is 5.64. The van der Waals surface area contributed by atoms with Gasteiger partial charge in [0.1, 0.15) is 5.69 Å². The highest BCUT2D eigenvalue weighted by molar-refractivity contribution is 7.89. The van der Waals surface area contributed by atoms with Gasteiger partial charge in [0.15, 0.2) is 10.7 Å². The summed E-state index contributed by atoms with van der Waals surface area (Å²) in [4.78, 5) is 12.7.